The van der Waals surface area contributed by atoms with E-state index in [-0.39, 0.29) is 24.5 Å². The minimum absolute atomic E-state index is 0.00934. The molecular weight excluding hydrogens is 288 g/mol. The highest BCUT2D eigenvalue weighted by Crippen LogP contribution is 2.14. The molecule has 0 unspecified atom stereocenters. The lowest BCUT2D eigenvalue weighted by Crippen LogP contribution is -2.29. The summed E-state index contributed by atoms with van der Waals surface area (Å²) < 4.78 is 31.6. The van der Waals surface area contributed by atoms with Gasteiger partial charge >= 0.3 is 0 Å². The Labute approximate surface area is 126 Å². The highest BCUT2D eigenvalue weighted by molar-refractivity contribution is 5.77. The number of rotatable bonds is 4. The summed E-state index contributed by atoms with van der Waals surface area (Å²) in [5.74, 6) is 3.87. The van der Waals surface area contributed by atoms with Crippen molar-refractivity contribution in [3.05, 3.63) is 65.7 Å². The van der Waals surface area contributed by atoms with Crippen molar-refractivity contribution in [3.63, 3.8) is 0 Å². The van der Waals surface area contributed by atoms with Crippen molar-refractivity contribution >= 4 is 5.91 Å². The molecule has 0 atom stereocenters. The van der Waals surface area contributed by atoms with Gasteiger partial charge in [0.1, 0.15) is 5.82 Å². The van der Waals surface area contributed by atoms with Crippen LogP contribution in [0, 0.1) is 23.5 Å². The molecule has 0 saturated heterocycles. The number of ether oxygens (including phenoxy) is 1. The summed E-state index contributed by atoms with van der Waals surface area (Å²) in [6.45, 7) is -0.268. The Morgan fingerprint density at radius 2 is 1.73 bits per heavy atom. The lowest BCUT2D eigenvalue weighted by atomic mass is 10.2. The summed E-state index contributed by atoms with van der Waals surface area (Å²) >= 11 is 0. The smallest absolute Gasteiger partial charge is 0.258 e. The van der Waals surface area contributed by atoms with Gasteiger partial charge in [0, 0.05) is 0 Å². The van der Waals surface area contributed by atoms with Gasteiger partial charge in [-0.1, -0.05) is 36.1 Å². The fraction of sp³-hybridized carbons (Fsp3) is 0.118. The normalized spacial score (nSPS) is 9.55. The van der Waals surface area contributed by atoms with Crippen molar-refractivity contribution in [1.82, 2.24) is 5.32 Å². The van der Waals surface area contributed by atoms with Crippen LogP contribution in [0.4, 0.5) is 8.78 Å². The fourth-order valence-corrected chi connectivity index (χ4v) is 1.60. The van der Waals surface area contributed by atoms with Crippen LogP contribution in [0.15, 0.2) is 48.5 Å². The largest absolute Gasteiger partial charge is 0.481 e. The Bertz CT molecular complexity index is 720. The molecule has 1 amide bonds. The molecule has 112 valence electrons. The topological polar surface area (TPSA) is 38.3 Å². The fourth-order valence-electron chi connectivity index (χ4n) is 1.60. The molecule has 22 heavy (non-hydrogen) atoms. The van der Waals surface area contributed by atoms with Gasteiger partial charge in [-0.05, 0) is 24.3 Å². The van der Waals surface area contributed by atoms with Crippen LogP contribution >= 0.6 is 0 Å². The van der Waals surface area contributed by atoms with E-state index in [2.05, 4.69) is 17.2 Å². The molecule has 3 nitrogen and oxygen atoms in total. The first-order valence-corrected chi connectivity index (χ1v) is 6.54. The summed E-state index contributed by atoms with van der Waals surface area (Å²) in [6, 6.07) is 11.9. The predicted molar refractivity (Wildman–Crippen MR) is 78.2 cm³/mol. The lowest BCUT2D eigenvalue weighted by molar-refractivity contribution is -0.122. The lowest BCUT2D eigenvalue weighted by Gasteiger charge is -2.06. The maximum absolute atomic E-state index is 13.3. The zero-order chi connectivity index (χ0) is 15.8. The summed E-state index contributed by atoms with van der Waals surface area (Å²) in [5.41, 5.74) is 0.263. The van der Waals surface area contributed by atoms with Crippen LogP contribution in [0.1, 0.15) is 5.56 Å². The molecule has 0 aliphatic rings. The Balaban J connectivity index is 1.77. The van der Waals surface area contributed by atoms with E-state index in [1.807, 2.05) is 0 Å². The van der Waals surface area contributed by atoms with Gasteiger partial charge in [-0.25, -0.2) is 8.78 Å². The van der Waals surface area contributed by atoms with E-state index in [0.717, 1.165) is 0 Å². The van der Waals surface area contributed by atoms with Crippen molar-refractivity contribution in [3.8, 4) is 17.6 Å². The molecule has 0 heterocycles. The summed E-state index contributed by atoms with van der Waals surface area (Å²) in [4.78, 5) is 11.5. The average Bonchev–Trinajstić information content (AvgIpc) is 2.52. The van der Waals surface area contributed by atoms with Crippen LogP contribution in [0.2, 0.25) is 0 Å². The van der Waals surface area contributed by atoms with Crippen molar-refractivity contribution < 1.29 is 18.3 Å². The molecule has 2 aromatic carbocycles. The Morgan fingerprint density at radius 1 is 1.05 bits per heavy atom. The molecule has 0 aromatic heterocycles. The molecular formula is C17H13F2NO2. The third-order valence-corrected chi connectivity index (χ3v) is 2.67. The van der Waals surface area contributed by atoms with E-state index in [1.165, 1.54) is 24.3 Å². The van der Waals surface area contributed by atoms with Gasteiger partial charge in [-0.3, -0.25) is 4.79 Å². The number of benzene rings is 2. The average molecular weight is 301 g/mol. The number of hydrogen-bond donors (Lipinski definition) is 1. The molecule has 0 saturated carbocycles. The van der Waals surface area contributed by atoms with Crippen LogP contribution in [0.3, 0.4) is 0 Å². The number of carbonyl (C=O) groups is 1. The molecule has 5 heteroatoms. The van der Waals surface area contributed by atoms with Crippen molar-refractivity contribution in [1.29, 1.82) is 0 Å². The van der Waals surface area contributed by atoms with E-state index < -0.39 is 17.5 Å². The third-order valence-electron chi connectivity index (χ3n) is 2.67. The van der Waals surface area contributed by atoms with E-state index in [9.17, 15) is 13.6 Å². The van der Waals surface area contributed by atoms with Gasteiger partial charge in [0.25, 0.3) is 5.91 Å². The maximum atomic E-state index is 13.3. The van der Waals surface area contributed by atoms with Gasteiger partial charge in [0.2, 0.25) is 0 Å². The molecule has 0 radical (unpaired) electrons. The number of nitrogens with one attached hydrogen (secondary N) is 1. The van der Waals surface area contributed by atoms with E-state index in [0.29, 0.717) is 0 Å². The second-order valence-corrected chi connectivity index (χ2v) is 4.28. The number of halogens is 2. The molecule has 2 aromatic rings. The molecule has 0 fully saturated rings. The first-order chi connectivity index (χ1) is 10.7. The predicted octanol–water partition coefficient (Wildman–Crippen LogP) is 2.51. The highest BCUT2D eigenvalue weighted by atomic mass is 19.1. The molecule has 1 N–H and O–H groups in total. The molecule has 0 aliphatic carbocycles. The first kappa shape index (κ1) is 15.5. The van der Waals surface area contributed by atoms with Gasteiger partial charge in [-0.2, -0.15) is 0 Å². The molecule has 0 spiro atoms. The van der Waals surface area contributed by atoms with Crippen LogP contribution in [-0.4, -0.2) is 19.1 Å². The van der Waals surface area contributed by atoms with Crippen LogP contribution in [0.5, 0.6) is 5.75 Å². The summed E-state index contributed by atoms with van der Waals surface area (Å²) in [7, 11) is 0. The van der Waals surface area contributed by atoms with E-state index in [4.69, 9.17) is 4.74 Å². The molecule has 0 aliphatic heterocycles. The number of amides is 1. The zero-order valence-electron chi connectivity index (χ0n) is 11.6. The summed E-state index contributed by atoms with van der Waals surface area (Å²) in [5, 5.41) is 2.48. The van der Waals surface area contributed by atoms with Crippen molar-refractivity contribution in [2.24, 2.45) is 0 Å². The maximum Gasteiger partial charge on any atom is 0.258 e. The van der Waals surface area contributed by atoms with E-state index >= 15 is 0 Å². The van der Waals surface area contributed by atoms with Crippen LogP contribution in [-0.2, 0) is 4.79 Å². The van der Waals surface area contributed by atoms with Gasteiger partial charge in [0.15, 0.2) is 18.2 Å². The molecule has 2 rings (SSSR count). The van der Waals surface area contributed by atoms with Gasteiger partial charge < -0.3 is 10.1 Å². The standard InChI is InChI=1S/C17H13F2NO2/c18-14-8-2-1-6-13(14)7-5-11-20-17(21)12-22-16-10-4-3-9-15(16)19/h1-4,6,8-10H,11-12H2,(H,20,21). The first-order valence-electron chi connectivity index (χ1n) is 6.54. The monoisotopic (exact) mass is 301 g/mol. The van der Waals surface area contributed by atoms with Gasteiger partial charge in [0.05, 0.1) is 12.1 Å². The zero-order valence-corrected chi connectivity index (χ0v) is 11.6. The van der Waals surface area contributed by atoms with Crippen LogP contribution < -0.4 is 10.1 Å². The number of hydrogen-bond acceptors (Lipinski definition) is 2. The number of carbonyl (C=O) groups excluding carboxylic acids is 1. The van der Waals surface area contributed by atoms with Crippen molar-refractivity contribution in [2.45, 2.75) is 0 Å². The highest BCUT2D eigenvalue weighted by Gasteiger charge is 2.05. The summed E-state index contributed by atoms with van der Waals surface area (Å²) in [6.07, 6.45) is 0. The van der Waals surface area contributed by atoms with Crippen LogP contribution in [0.25, 0.3) is 0 Å². The van der Waals surface area contributed by atoms with Gasteiger partial charge in [-0.15, -0.1) is 0 Å². The Kier molecular flexibility index (Phi) is 5.50. The third kappa shape index (κ3) is 4.60. The Morgan fingerprint density at radius 3 is 2.45 bits per heavy atom. The van der Waals surface area contributed by atoms with Crippen molar-refractivity contribution in [2.75, 3.05) is 13.2 Å². The number of para-hydroxylation sites is 1. The molecule has 0 bridgehead atoms. The second-order valence-electron chi connectivity index (χ2n) is 4.28. The Hall–Kier alpha value is -2.87. The minimum Gasteiger partial charge on any atom is -0.481 e. The van der Waals surface area contributed by atoms with E-state index in [1.54, 1.807) is 24.3 Å². The SMILES string of the molecule is O=C(COc1ccccc1F)NCC#Cc1ccccc1F. The quantitative estimate of drug-likeness (QED) is 0.881. The minimum atomic E-state index is -0.533. The second kappa shape index (κ2) is 7.79.